The first-order valence-electron chi connectivity index (χ1n) is 5.64. The number of ether oxygens (including phenoxy) is 3. The van der Waals surface area contributed by atoms with Crippen LogP contribution in [0.15, 0.2) is 6.20 Å². The summed E-state index contributed by atoms with van der Waals surface area (Å²) >= 11 is 0. The van der Waals surface area contributed by atoms with E-state index in [2.05, 4.69) is 5.10 Å². The van der Waals surface area contributed by atoms with Crippen LogP contribution < -0.4 is 4.74 Å². The molecule has 0 bridgehead atoms. The van der Waals surface area contributed by atoms with Crippen molar-refractivity contribution in [2.45, 2.75) is 20.0 Å². The highest BCUT2D eigenvalue weighted by atomic mass is 16.6. The van der Waals surface area contributed by atoms with Crippen LogP contribution in [0.25, 0.3) is 0 Å². The van der Waals surface area contributed by atoms with Gasteiger partial charge in [-0.2, -0.15) is 0 Å². The second kappa shape index (κ2) is 5.18. The maximum atomic E-state index is 11.7. The lowest BCUT2D eigenvalue weighted by molar-refractivity contribution is -0.0817. The Bertz CT molecular complexity index is 464. The van der Waals surface area contributed by atoms with Gasteiger partial charge in [-0.05, 0) is 6.92 Å². The largest absolute Gasteiger partial charge is 0.468 e. The Morgan fingerprint density at radius 3 is 2.78 bits per heavy atom. The lowest BCUT2D eigenvalue weighted by Gasteiger charge is -2.25. The second-order valence-electron chi connectivity index (χ2n) is 3.81. The molecule has 0 atom stereocenters. The Balaban J connectivity index is 2.22. The Kier molecular flexibility index (Phi) is 3.61. The Labute approximate surface area is 104 Å². The summed E-state index contributed by atoms with van der Waals surface area (Å²) in [5, 5.41) is 3.92. The Hall–Kier alpha value is -1.89. The van der Waals surface area contributed by atoms with Crippen molar-refractivity contribution in [3.63, 3.8) is 0 Å². The van der Waals surface area contributed by atoms with E-state index in [1.807, 2.05) is 0 Å². The van der Waals surface area contributed by atoms with Gasteiger partial charge in [-0.15, -0.1) is 5.10 Å². The molecule has 1 aromatic rings. The van der Waals surface area contributed by atoms with Gasteiger partial charge in [0.2, 0.25) is 11.8 Å². The summed E-state index contributed by atoms with van der Waals surface area (Å²) < 4.78 is 16.4. The molecule has 18 heavy (non-hydrogen) atoms. The van der Waals surface area contributed by atoms with Crippen LogP contribution in [0.2, 0.25) is 0 Å². The molecule has 0 aliphatic carbocycles. The highest BCUT2D eigenvalue weighted by Gasteiger charge is 2.26. The van der Waals surface area contributed by atoms with Gasteiger partial charge in [0.05, 0.1) is 26.0 Å². The summed E-state index contributed by atoms with van der Waals surface area (Å²) in [6.45, 7) is 4.20. The summed E-state index contributed by atoms with van der Waals surface area (Å²) in [5.41, 5.74) is 0.152. The van der Waals surface area contributed by atoms with Gasteiger partial charge in [0, 0.05) is 6.92 Å². The number of carbonyl (C=O) groups is 2. The van der Waals surface area contributed by atoms with E-state index in [0.717, 1.165) is 4.68 Å². The SMILES string of the molecule is CCOC(=O)c1cn(C(C)=O)nc1OC1COC1. The molecule has 2 heterocycles. The van der Waals surface area contributed by atoms with Crippen molar-refractivity contribution in [2.24, 2.45) is 0 Å². The molecular formula is C11H14N2O5. The van der Waals surface area contributed by atoms with E-state index in [-0.39, 0.29) is 30.1 Å². The van der Waals surface area contributed by atoms with Gasteiger partial charge < -0.3 is 14.2 Å². The fourth-order valence-electron chi connectivity index (χ4n) is 1.40. The zero-order valence-corrected chi connectivity index (χ0v) is 10.2. The van der Waals surface area contributed by atoms with Crippen LogP contribution in [0.1, 0.15) is 29.0 Å². The van der Waals surface area contributed by atoms with E-state index in [0.29, 0.717) is 13.2 Å². The number of rotatable bonds is 4. The van der Waals surface area contributed by atoms with Crippen LogP contribution in [0.4, 0.5) is 0 Å². The number of nitrogens with zero attached hydrogens (tertiary/aromatic N) is 2. The van der Waals surface area contributed by atoms with Crippen molar-refractivity contribution in [1.29, 1.82) is 0 Å². The van der Waals surface area contributed by atoms with E-state index in [9.17, 15) is 9.59 Å². The first kappa shape index (κ1) is 12.6. The molecule has 0 N–H and O–H groups in total. The van der Waals surface area contributed by atoms with Crippen LogP contribution in [-0.4, -0.2) is 47.6 Å². The maximum absolute atomic E-state index is 11.7. The number of esters is 1. The normalized spacial score (nSPS) is 15.0. The van der Waals surface area contributed by atoms with Gasteiger partial charge in [-0.25, -0.2) is 9.48 Å². The Morgan fingerprint density at radius 1 is 1.56 bits per heavy atom. The number of hydrogen-bond donors (Lipinski definition) is 0. The van der Waals surface area contributed by atoms with Crippen molar-refractivity contribution in [3.8, 4) is 5.88 Å². The van der Waals surface area contributed by atoms with Crippen LogP contribution in [0.5, 0.6) is 5.88 Å². The van der Waals surface area contributed by atoms with Crippen molar-refractivity contribution < 1.29 is 23.8 Å². The molecule has 0 radical (unpaired) electrons. The molecule has 0 spiro atoms. The fourth-order valence-corrected chi connectivity index (χ4v) is 1.40. The molecule has 1 aliphatic rings. The molecule has 98 valence electrons. The van der Waals surface area contributed by atoms with Gasteiger partial charge in [-0.1, -0.05) is 0 Å². The van der Waals surface area contributed by atoms with E-state index < -0.39 is 5.97 Å². The molecule has 1 saturated heterocycles. The van der Waals surface area contributed by atoms with Crippen molar-refractivity contribution in [1.82, 2.24) is 9.78 Å². The predicted octanol–water partition coefficient (Wildman–Crippen LogP) is 0.498. The summed E-state index contributed by atoms with van der Waals surface area (Å²) in [4.78, 5) is 22.9. The molecule has 7 nitrogen and oxygen atoms in total. The van der Waals surface area contributed by atoms with E-state index >= 15 is 0 Å². The highest BCUT2D eigenvalue weighted by Crippen LogP contribution is 2.20. The van der Waals surface area contributed by atoms with Crippen molar-refractivity contribution in [2.75, 3.05) is 19.8 Å². The molecule has 1 fully saturated rings. The third-order valence-corrected chi connectivity index (χ3v) is 2.38. The third-order valence-electron chi connectivity index (χ3n) is 2.38. The third kappa shape index (κ3) is 2.51. The van der Waals surface area contributed by atoms with Crippen LogP contribution >= 0.6 is 0 Å². The number of aromatic nitrogens is 2. The second-order valence-corrected chi connectivity index (χ2v) is 3.81. The van der Waals surface area contributed by atoms with Gasteiger partial charge in [0.25, 0.3) is 0 Å². The minimum absolute atomic E-state index is 0.108. The highest BCUT2D eigenvalue weighted by molar-refractivity contribution is 5.92. The predicted molar refractivity (Wildman–Crippen MR) is 59.7 cm³/mol. The lowest BCUT2D eigenvalue weighted by Crippen LogP contribution is -2.39. The molecule has 1 aromatic heterocycles. The van der Waals surface area contributed by atoms with Gasteiger partial charge in [0.1, 0.15) is 11.7 Å². The molecule has 0 saturated carbocycles. The summed E-state index contributed by atoms with van der Waals surface area (Å²) in [6.07, 6.45) is 1.18. The minimum atomic E-state index is -0.555. The first-order chi connectivity index (χ1) is 8.61. The molecular weight excluding hydrogens is 240 g/mol. The number of carbonyl (C=O) groups excluding carboxylic acids is 2. The zero-order chi connectivity index (χ0) is 13.1. The molecule has 0 aromatic carbocycles. The standard InChI is InChI=1S/C11H14N2O5/c1-3-17-11(15)9-4-13(7(2)14)12-10(9)18-8-5-16-6-8/h4,8H,3,5-6H2,1-2H3. The van der Waals surface area contributed by atoms with E-state index in [4.69, 9.17) is 14.2 Å². The quantitative estimate of drug-likeness (QED) is 0.728. The first-order valence-corrected chi connectivity index (χ1v) is 5.64. The summed E-state index contributed by atoms with van der Waals surface area (Å²) in [5.74, 6) is -0.752. The van der Waals surface area contributed by atoms with Gasteiger partial charge >= 0.3 is 5.97 Å². The lowest BCUT2D eigenvalue weighted by atomic mass is 10.3. The zero-order valence-electron chi connectivity index (χ0n) is 10.2. The average molecular weight is 254 g/mol. The van der Waals surface area contributed by atoms with Crippen LogP contribution in [0.3, 0.4) is 0 Å². The van der Waals surface area contributed by atoms with Gasteiger partial charge in [0.15, 0.2) is 0 Å². The smallest absolute Gasteiger partial charge is 0.345 e. The average Bonchev–Trinajstić information content (AvgIpc) is 2.68. The maximum Gasteiger partial charge on any atom is 0.345 e. The summed E-state index contributed by atoms with van der Waals surface area (Å²) in [6, 6.07) is 0. The minimum Gasteiger partial charge on any atom is -0.468 e. The fraction of sp³-hybridized carbons (Fsp3) is 0.545. The summed E-state index contributed by atoms with van der Waals surface area (Å²) in [7, 11) is 0. The molecule has 0 amide bonds. The van der Waals surface area contributed by atoms with Crippen LogP contribution in [0, 0.1) is 0 Å². The monoisotopic (exact) mass is 254 g/mol. The number of hydrogen-bond acceptors (Lipinski definition) is 6. The van der Waals surface area contributed by atoms with Crippen molar-refractivity contribution in [3.05, 3.63) is 11.8 Å². The van der Waals surface area contributed by atoms with Crippen LogP contribution in [-0.2, 0) is 9.47 Å². The molecule has 7 heteroatoms. The van der Waals surface area contributed by atoms with E-state index in [1.54, 1.807) is 6.92 Å². The van der Waals surface area contributed by atoms with Crippen molar-refractivity contribution >= 4 is 11.9 Å². The molecule has 1 aliphatic heterocycles. The molecule has 2 rings (SSSR count). The topological polar surface area (TPSA) is 79.7 Å². The molecule has 0 unspecified atom stereocenters. The van der Waals surface area contributed by atoms with Gasteiger partial charge in [-0.3, -0.25) is 4.79 Å². The van der Waals surface area contributed by atoms with E-state index in [1.165, 1.54) is 13.1 Å². The Morgan fingerprint density at radius 2 is 2.28 bits per heavy atom.